The minimum Gasteiger partial charge on any atom is -0.396 e. The van der Waals surface area contributed by atoms with Crippen LogP contribution in [0.4, 0.5) is 0 Å². The van der Waals surface area contributed by atoms with E-state index in [1.807, 2.05) is 12.1 Å². The molecule has 7 aromatic rings. The molecule has 0 heterocycles. The van der Waals surface area contributed by atoms with Crippen molar-refractivity contribution in [1.82, 2.24) is 0 Å². The highest BCUT2D eigenvalue weighted by Gasteiger charge is 2.45. The zero-order chi connectivity index (χ0) is 75.0. The van der Waals surface area contributed by atoms with Crippen LogP contribution in [0.1, 0.15) is 332 Å². The maximum atomic E-state index is 9.55. The van der Waals surface area contributed by atoms with Crippen LogP contribution in [0, 0.1) is 55.7 Å². The van der Waals surface area contributed by atoms with Gasteiger partial charge in [0, 0.05) is 16.0 Å². The second-order valence-electron chi connectivity index (χ2n) is 40.9. The van der Waals surface area contributed by atoms with Crippen molar-refractivity contribution >= 4 is 23.2 Å². The first-order valence-corrected chi connectivity index (χ1v) is 40.0. The van der Waals surface area contributed by atoms with Crippen LogP contribution in [0.15, 0.2) is 158 Å². The largest absolute Gasteiger partial charge is 0.396 e. The molecule has 0 saturated carbocycles. The van der Waals surface area contributed by atoms with Crippen molar-refractivity contribution in [2.75, 3.05) is 6.61 Å². The average Bonchev–Trinajstić information content (AvgIpc) is 1.64. The van der Waals surface area contributed by atoms with Crippen LogP contribution in [0.5, 0.6) is 0 Å². The summed E-state index contributed by atoms with van der Waals surface area (Å²) in [5.74, 6) is 6.80. The van der Waals surface area contributed by atoms with Crippen molar-refractivity contribution in [3.63, 3.8) is 0 Å². The molecule has 7 aliphatic rings. The number of benzene rings is 7. The fourth-order valence-electron chi connectivity index (χ4n) is 19.8. The van der Waals surface area contributed by atoms with Crippen molar-refractivity contribution in [2.45, 2.75) is 297 Å². The summed E-state index contributed by atoms with van der Waals surface area (Å²) in [6, 6.07) is 57.1. The van der Waals surface area contributed by atoms with Crippen molar-refractivity contribution in [3.05, 3.63) is 246 Å². The molecular formula is C98H138Cl2O. The van der Waals surface area contributed by atoms with Gasteiger partial charge >= 0.3 is 0 Å². The Morgan fingerprint density at radius 1 is 0.337 bits per heavy atom. The number of fused-ring (bicyclic) bond motifs is 7. The molecule has 7 aliphatic carbocycles. The SMILES string of the molecule is CC(C)(C)C1CCc2cc(Cl)ccc21.CC(C)(C)C1CCc2ccccc21.CC(C)(C)C1Cc2ccccc2C1CO.CC1(C)CC(C(C)(C)C)c2ccc(Cl)cc21.CC1(C)CC(C(C)(C)C)c2ccccc21.CC1Cc2ccccc2C1C(C)(C)C.CC1Cc2ccccc2C1C(C)(C)C. The zero-order valence-corrected chi connectivity index (χ0v) is 70.1. The number of aryl methyl sites for hydroxylation is 2. The van der Waals surface area contributed by atoms with E-state index < -0.39 is 0 Å². The number of hydrogen-bond acceptors (Lipinski definition) is 1. The molecule has 0 radical (unpaired) electrons. The third kappa shape index (κ3) is 19.8. The molecule has 10 unspecified atom stereocenters. The minimum absolute atomic E-state index is 0.262. The fourth-order valence-corrected chi connectivity index (χ4v) is 20.2. The molecule has 14 rings (SSSR count). The van der Waals surface area contributed by atoms with E-state index in [0.29, 0.717) is 67.5 Å². The van der Waals surface area contributed by atoms with Gasteiger partial charge in [-0.2, -0.15) is 0 Å². The second kappa shape index (κ2) is 31.6. The van der Waals surface area contributed by atoms with Gasteiger partial charge < -0.3 is 5.11 Å². The van der Waals surface area contributed by atoms with E-state index in [4.69, 9.17) is 23.2 Å². The standard InChI is InChI=1S/C15H21Cl.C15H22.C14H20O.2C14H20.C13H17Cl.C13H18/c1-14(2,3)13-9-15(4,5)12-8-10(16)6-7-11(12)13;1-14(2,3)13-10-15(4,5)12-9-7-6-8-11(12)13;1-14(2,3)13-8-10-6-4-5-7-11(10)12(13)9-15;2*1-10-9-11-7-5-6-8-12(11)13(10)14(2,3)4;1-13(2,3)12-7-4-9-8-10(14)5-6-11(9)12;1-13(2,3)12-9-8-10-6-4-5-7-11(10)12/h6-8,13H,9H2,1-5H3;6-9,13H,10H2,1-5H3;4-7,12-13,15H,8-9H2,1-3H3;2*5-8,10,13H,9H2,1-4H3;5-6,8,12H,4,7H2,1-3H3;4-7,12H,8-9H2,1-3H3. The molecule has 10 atom stereocenters. The summed E-state index contributed by atoms with van der Waals surface area (Å²) in [6.07, 6.45) is 11.2. The number of aliphatic hydroxyl groups excluding tert-OH is 1. The summed E-state index contributed by atoms with van der Waals surface area (Å²) in [5, 5.41) is 11.3. The number of rotatable bonds is 1. The Morgan fingerprint density at radius 2 is 0.673 bits per heavy atom. The molecule has 0 fully saturated rings. The van der Waals surface area contributed by atoms with E-state index in [-0.39, 0.29) is 17.4 Å². The van der Waals surface area contributed by atoms with Crippen LogP contribution in [0.25, 0.3) is 0 Å². The maximum Gasteiger partial charge on any atom is 0.0502 e. The molecule has 1 nitrogen and oxygen atoms in total. The average molecular weight is 1400 g/mol. The highest BCUT2D eigenvalue weighted by atomic mass is 35.5. The molecule has 550 valence electrons. The van der Waals surface area contributed by atoms with E-state index >= 15 is 0 Å². The molecule has 3 heteroatoms. The van der Waals surface area contributed by atoms with E-state index in [9.17, 15) is 5.11 Å². The Balaban J connectivity index is 0.000000150. The predicted molar refractivity (Wildman–Crippen MR) is 442 cm³/mol. The Kier molecular flexibility index (Phi) is 25.6. The zero-order valence-electron chi connectivity index (χ0n) is 68.6. The summed E-state index contributed by atoms with van der Waals surface area (Å²) in [4.78, 5) is 0. The monoisotopic (exact) mass is 1400 g/mol. The lowest BCUT2D eigenvalue weighted by Crippen LogP contribution is -2.26. The fraction of sp³-hybridized carbons (Fsp3) is 0.571. The summed E-state index contributed by atoms with van der Waals surface area (Å²) in [6.45, 7) is 63.5. The van der Waals surface area contributed by atoms with Crippen molar-refractivity contribution in [1.29, 1.82) is 0 Å². The summed E-state index contributed by atoms with van der Waals surface area (Å²) in [7, 11) is 0. The van der Waals surface area contributed by atoms with Gasteiger partial charge in [0.15, 0.2) is 0 Å². The van der Waals surface area contributed by atoms with Crippen LogP contribution in [-0.2, 0) is 42.9 Å². The number of aliphatic hydroxyl groups is 1. The molecular weight excluding hydrogens is 1260 g/mol. The molecule has 1 N–H and O–H groups in total. The third-order valence-electron chi connectivity index (χ3n) is 24.7. The van der Waals surface area contributed by atoms with Crippen molar-refractivity contribution in [3.8, 4) is 0 Å². The molecule has 0 bridgehead atoms. The van der Waals surface area contributed by atoms with Crippen molar-refractivity contribution in [2.24, 2.45) is 55.7 Å². The quantitative estimate of drug-likeness (QED) is 0.174. The van der Waals surface area contributed by atoms with Crippen LogP contribution in [0.3, 0.4) is 0 Å². The lowest BCUT2D eigenvalue weighted by Gasteiger charge is -2.31. The first kappa shape index (κ1) is 81.7. The van der Waals surface area contributed by atoms with Crippen LogP contribution in [0.2, 0.25) is 10.0 Å². The van der Waals surface area contributed by atoms with E-state index in [1.54, 1.807) is 44.5 Å². The lowest BCUT2D eigenvalue weighted by molar-refractivity contribution is 0.156. The number of hydrogen-bond donors (Lipinski definition) is 1. The highest BCUT2D eigenvalue weighted by molar-refractivity contribution is 6.31. The summed E-state index contributed by atoms with van der Waals surface area (Å²) < 4.78 is 0. The molecule has 0 aromatic heterocycles. The number of halogens is 2. The van der Waals surface area contributed by atoms with E-state index in [0.717, 1.165) is 46.1 Å². The normalized spacial score (nSPS) is 24.0. The Morgan fingerprint density at radius 3 is 1.10 bits per heavy atom. The second-order valence-corrected chi connectivity index (χ2v) is 41.8. The third-order valence-corrected chi connectivity index (χ3v) is 25.1. The molecule has 0 aliphatic heterocycles. The smallest absolute Gasteiger partial charge is 0.0502 e. The molecule has 7 aromatic carbocycles. The van der Waals surface area contributed by atoms with Gasteiger partial charge in [-0.3, -0.25) is 0 Å². The Labute approximate surface area is 629 Å². The molecule has 0 amide bonds. The maximum absolute atomic E-state index is 9.55. The van der Waals surface area contributed by atoms with Gasteiger partial charge in [0.1, 0.15) is 0 Å². The summed E-state index contributed by atoms with van der Waals surface area (Å²) >= 11 is 12.1. The molecule has 101 heavy (non-hydrogen) atoms. The lowest BCUT2D eigenvalue weighted by atomic mass is 9.73. The van der Waals surface area contributed by atoms with Gasteiger partial charge in [0.05, 0.1) is 6.61 Å². The van der Waals surface area contributed by atoms with Crippen LogP contribution < -0.4 is 0 Å². The van der Waals surface area contributed by atoms with Gasteiger partial charge in [-0.25, -0.2) is 0 Å². The van der Waals surface area contributed by atoms with Gasteiger partial charge in [0.2, 0.25) is 0 Å². The van der Waals surface area contributed by atoms with Gasteiger partial charge in [0.25, 0.3) is 0 Å². The minimum atomic E-state index is 0.262. The summed E-state index contributed by atoms with van der Waals surface area (Å²) in [5.41, 5.74) is 24.5. The first-order chi connectivity index (χ1) is 46.6. The van der Waals surface area contributed by atoms with Gasteiger partial charge in [-0.15, -0.1) is 0 Å². The molecule has 0 saturated heterocycles. The van der Waals surface area contributed by atoms with E-state index in [2.05, 4.69) is 333 Å². The van der Waals surface area contributed by atoms with E-state index in [1.165, 1.54) is 84.7 Å². The van der Waals surface area contributed by atoms with Crippen LogP contribution in [-0.4, -0.2) is 11.7 Å². The Hall–Kier alpha value is -4.92. The first-order valence-electron chi connectivity index (χ1n) is 39.2. The van der Waals surface area contributed by atoms with Gasteiger partial charge in [-0.1, -0.05) is 344 Å². The molecule has 0 spiro atoms. The highest BCUT2D eigenvalue weighted by Crippen LogP contribution is 2.56. The Bertz CT molecular complexity index is 3790. The van der Waals surface area contributed by atoms with Crippen LogP contribution >= 0.6 is 23.2 Å². The van der Waals surface area contributed by atoms with Gasteiger partial charge in [-0.05, 0) is 262 Å². The topological polar surface area (TPSA) is 20.2 Å². The predicted octanol–water partition coefficient (Wildman–Crippen LogP) is 28.8. The van der Waals surface area contributed by atoms with Crippen molar-refractivity contribution < 1.29 is 5.11 Å².